The predicted molar refractivity (Wildman–Crippen MR) is 84.2 cm³/mol. The lowest BCUT2D eigenvalue weighted by Gasteiger charge is -2.09. The Bertz CT molecular complexity index is 719. The molecule has 0 unspecified atom stereocenters. The summed E-state index contributed by atoms with van der Waals surface area (Å²) in [5.74, 6) is -0.254. The molecule has 0 bridgehead atoms. The van der Waals surface area contributed by atoms with Gasteiger partial charge in [-0.3, -0.25) is 4.79 Å². The summed E-state index contributed by atoms with van der Waals surface area (Å²) in [6.45, 7) is 3.34. The molecule has 2 aromatic rings. The van der Waals surface area contributed by atoms with Crippen LogP contribution in [0.1, 0.15) is 24.2 Å². The number of ether oxygens (including phenoxy) is 2. The van der Waals surface area contributed by atoms with E-state index in [9.17, 15) is 18.0 Å². The number of carbonyl (C=O) groups excluding carboxylic acids is 1. The van der Waals surface area contributed by atoms with Gasteiger partial charge in [0, 0.05) is 12.3 Å². The number of hydrogen-bond acceptors (Lipinski definition) is 6. The third-order valence-corrected chi connectivity index (χ3v) is 3.10. The number of halogens is 3. The van der Waals surface area contributed by atoms with Gasteiger partial charge in [0.05, 0.1) is 25.2 Å². The van der Waals surface area contributed by atoms with Gasteiger partial charge < -0.3 is 19.3 Å². The fourth-order valence-electron chi connectivity index (χ4n) is 1.96. The van der Waals surface area contributed by atoms with Crippen LogP contribution in [-0.2, 0) is 33.5 Å². The standard InChI is InChI=1S/C16H18F3N3O4/c1-2-24-6-7-25-10-15-21-13(22-26-15)9-14(23)20-12-5-3-4-11(8-12)16(17,18)19/h3-5,8H,2,6-7,9-10H2,1H3,(H,20,23). The topological polar surface area (TPSA) is 86.5 Å². The lowest BCUT2D eigenvalue weighted by molar-refractivity contribution is -0.137. The number of benzene rings is 1. The average Bonchev–Trinajstić information content (AvgIpc) is 3.01. The predicted octanol–water partition coefficient (Wildman–Crippen LogP) is 2.82. The molecule has 0 saturated heterocycles. The maximum absolute atomic E-state index is 12.7. The fraction of sp³-hybridized carbons (Fsp3) is 0.438. The van der Waals surface area contributed by atoms with E-state index in [-0.39, 0.29) is 30.4 Å². The second-order valence-corrected chi connectivity index (χ2v) is 5.16. The van der Waals surface area contributed by atoms with Gasteiger partial charge in [-0.2, -0.15) is 18.2 Å². The van der Waals surface area contributed by atoms with Crippen molar-refractivity contribution in [3.63, 3.8) is 0 Å². The summed E-state index contributed by atoms with van der Waals surface area (Å²) < 4.78 is 53.3. The van der Waals surface area contributed by atoms with E-state index in [1.54, 1.807) is 0 Å². The van der Waals surface area contributed by atoms with Crippen molar-refractivity contribution in [3.05, 3.63) is 41.5 Å². The van der Waals surface area contributed by atoms with E-state index in [0.717, 1.165) is 12.1 Å². The molecule has 0 aliphatic heterocycles. The highest BCUT2D eigenvalue weighted by Gasteiger charge is 2.30. The van der Waals surface area contributed by atoms with Gasteiger partial charge in [-0.25, -0.2) is 0 Å². The van der Waals surface area contributed by atoms with Crippen molar-refractivity contribution in [2.75, 3.05) is 25.1 Å². The normalized spacial score (nSPS) is 11.5. The van der Waals surface area contributed by atoms with Gasteiger partial charge in [0.15, 0.2) is 5.82 Å². The van der Waals surface area contributed by atoms with Crippen molar-refractivity contribution in [2.45, 2.75) is 26.1 Å². The van der Waals surface area contributed by atoms with Gasteiger partial charge in [0.1, 0.15) is 6.61 Å². The quantitative estimate of drug-likeness (QED) is 0.680. The molecule has 0 spiro atoms. The van der Waals surface area contributed by atoms with Crippen LogP contribution in [0.4, 0.5) is 18.9 Å². The molecule has 1 N–H and O–H groups in total. The van der Waals surface area contributed by atoms with Crippen LogP contribution in [-0.4, -0.2) is 35.9 Å². The number of amides is 1. The molecule has 0 atom stereocenters. The second kappa shape index (κ2) is 9.30. The van der Waals surface area contributed by atoms with E-state index in [4.69, 9.17) is 14.0 Å². The highest BCUT2D eigenvalue weighted by Crippen LogP contribution is 2.30. The van der Waals surface area contributed by atoms with E-state index in [1.165, 1.54) is 12.1 Å². The Morgan fingerprint density at radius 3 is 2.77 bits per heavy atom. The van der Waals surface area contributed by atoms with Gasteiger partial charge in [-0.15, -0.1) is 0 Å². The fourth-order valence-corrected chi connectivity index (χ4v) is 1.96. The molecule has 1 aromatic carbocycles. The number of anilines is 1. The Hall–Kier alpha value is -2.46. The van der Waals surface area contributed by atoms with Gasteiger partial charge in [0.2, 0.25) is 5.91 Å². The largest absolute Gasteiger partial charge is 0.416 e. The number of hydrogen-bond donors (Lipinski definition) is 1. The lowest BCUT2D eigenvalue weighted by Crippen LogP contribution is -2.16. The maximum Gasteiger partial charge on any atom is 0.416 e. The number of aromatic nitrogens is 2. The Morgan fingerprint density at radius 1 is 1.27 bits per heavy atom. The summed E-state index contributed by atoms with van der Waals surface area (Å²) >= 11 is 0. The molecular weight excluding hydrogens is 355 g/mol. The number of alkyl halides is 3. The van der Waals surface area contributed by atoms with E-state index in [1.807, 2.05) is 6.92 Å². The first-order valence-electron chi connectivity index (χ1n) is 7.82. The summed E-state index contributed by atoms with van der Waals surface area (Å²) in [6.07, 6.45) is -4.72. The second-order valence-electron chi connectivity index (χ2n) is 5.16. The molecule has 142 valence electrons. The van der Waals surface area contributed by atoms with Crippen molar-refractivity contribution in [2.24, 2.45) is 0 Å². The van der Waals surface area contributed by atoms with E-state index in [0.29, 0.717) is 19.8 Å². The molecule has 0 aliphatic carbocycles. The lowest BCUT2D eigenvalue weighted by atomic mass is 10.2. The smallest absolute Gasteiger partial charge is 0.379 e. The third kappa shape index (κ3) is 6.45. The first kappa shape index (κ1) is 19.9. The number of nitrogens with zero attached hydrogens (tertiary/aromatic N) is 2. The number of carbonyl (C=O) groups is 1. The monoisotopic (exact) mass is 373 g/mol. The van der Waals surface area contributed by atoms with Crippen LogP contribution in [0.5, 0.6) is 0 Å². The van der Waals surface area contributed by atoms with Crippen molar-refractivity contribution in [1.29, 1.82) is 0 Å². The Morgan fingerprint density at radius 2 is 2.04 bits per heavy atom. The van der Waals surface area contributed by atoms with Crippen LogP contribution in [0, 0.1) is 0 Å². The zero-order valence-electron chi connectivity index (χ0n) is 14.0. The van der Waals surface area contributed by atoms with E-state index >= 15 is 0 Å². The van der Waals surface area contributed by atoms with Crippen LogP contribution < -0.4 is 5.32 Å². The molecule has 1 amide bonds. The summed E-state index contributed by atoms with van der Waals surface area (Å²) in [6, 6.07) is 4.35. The summed E-state index contributed by atoms with van der Waals surface area (Å²) in [7, 11) is 0. The van der Waals surface area contributed by atoms with Crippen LogP contribution in [0.15, 0.2) is 28.8 Å². The molecule has 26 heavy (non-hydrogen) atoms. The van der Waals surface area contributed by atoms with Crippen LogP contribution in [0.25, 0.3) is 0 Å². The Balaban J connectivity index is 1.83. The summed E-state index contributed by atoms with van der Waals surface area (Å²) in [4.78, 5) is 15.9. The zero-order valence-corrected chi connectivity index (χ0v) is 14.0. The highest BCUT2D eigenvalue weighted by atomic mass is 19.4. The molecular formula is C16H18F3N3O4. The van der Waals surface area contributed by atoms with Crippen molar-refractivity contribution >= 4 is 11.6 Å². The molecule has 10 heteroatoms. The van der Waals surface area contributed by atoms with Gasteiger partial charge in [0.25, 0.3) is 5.89 Å². The maximum atomic E-state index is 12.7. The van der Waals surface area contributed by atoms with Crippen molar-refractivity contribution in [3.8, 4) is 0 Å². The summed E-state index contributed by atoms with van der Waals surface area (Å²) in [5.41, 5.74) is -0.811. The van der Waals surface area contributed by atoms with Crippen molar-refractivity contribution < 1.29 is 32.0 Å². The van der Waals surface area contributed by atoms with Gasteiger partial charge >= 0.3 is 6.18 Å². The molecule has 1 aromatic heterocycles. The van der Waals surface area contributed by atoms with Crippen LogP contribution >= 0.6 is 0 Å². The first-order valence-corrected chi connectivity index (χ1v) is 7.82. The molecule has 0 fully saturated rings. The van der Waals surface area contributed by atoms with Gasteiger partial charge in [-0.1, -0.05) is 11.2 Å². The van der Waals surface area contributed by atoms with E-state index in [2.05, 4.69) is 15.5 Å². The Kier molecular flexibility index (Phi) is 7.10. The summed E-state index contributed by atoms with van der Waals surface area (Å²) in [5, 5.41) is 6.00. The molecule has 7 nitrogen and oxygen atoms in total. The van der Waals surface area contributed by atoms with Crippen molar-refractivity contribution in [1.82, 2.24) is 10.1 Å². The molecule has 0 radical (unpaired) electrons. The first-order chi connectivity index (χ1) is 12.4. The molecule has 2 rings (SSSR count). The van der Waals surface area contributed by atoms with E-state index < -0.39 is 17.6 Å². The Labute approximate surface area is 147 Å². The highest BCUT2D eigenvalue weighted by molar-refractivity contribution is 5.91. The zero-order chi connectivity index (χ0) is 19.0. The minimum atomic E-state index is -4.48. The SMILES string of the molecule is CCOCCOCc1nc(CC(=O)Nc2cccc(C(F)(F)F)c2)no1. The van der Waals surface area contributed by atoms with Crippen LogP contribution in [0.2, 0.25) is 0 Å². The molecule has 1 heterocycles. The molecule has 0 saturated carbocycles. The van der Waals surface area contributed by atoms with Gasteiger partial charge in [-0.05, 0) is 25.1 Å². The number of rotatable bonds is 9. The number of nitrogens with one attached hydrogen (secondary N) is 1. The van der Waals surface area contributed by atoms with Crippen LogP contribution in [0.3, 0.4) is 0 Å². The minimum Gasteiger partial charge on any atom is -0.379 e. The third-order valence-electron chi connectivity index (χ3n) is 3.10. The minimum absolute atomic E-state index is 0.0350. The average molecular weight is 373 g/mol. The molecule has 0 aliphatic rings.